The summed E-state index contributed by atoms with van der Waals surface area (Å²) in [7, 11) is -3.52. The number of thiophene rings is 1. The first-order valence-electron chi connectivity index (χ1n) is 7.43. The van der Waals surface area contributed by atoms with Crippen LogP contribution in [0.2, 0.25) is 0 Å². The van der Waals surface area contributed by atoms with E-state index in [-0.39, 0.29) is 16.8 Å². The molecule has 0 saturated carbocycles. The van der Waals surface area contributed by atoms with E-state index >= 15 is 0 Å². The molecule has 0 aliphatic heterocycles. The van der Waals surface area contributed by atoms with Crippen LogP contribution in [0, 0.1) is 6.92 Å². The molecule has 0 unspecified atom stereocenters. The maximum atomic E-state index is 12.0. The molecule has 1 aromatic heterocycles. The molecular formula is C17H20N2O3S2. The number of rotatable bonds is 6. The first-order chi connectivity index (χ1) is 11.3. The van der Waals surface area contributed by atoms with Crippen LogP contribution in [0.25, 0.3) is 6.08 Å². The summed E-state index contributed by atoms with van der Waals surface area (Å²) in [6.07, 6.45) is 3.23. The molecule has 2 aromatic rings. The van der Waals surface area contributed by atoms with Crippen molar-refractivity contribution in [2.45, 2.75) is 31.7 Å². The van der Waals surface area contributed by atoms with Crippen molar-refractivity contribution >= 4 is 39.0 Å². The molecule has 2 N–H and O–H groups in total. The monoisotopic (exact) mass is 364 g/mol. The second-order valence-corrected chi connectivity index (χ2v) is 8.25. The van der Waals surface area contributed by atoms with Gasteiger partial charge < -0.3 is 5.32 Å². The number of carbonyl (C=O) groups is 1. The third-order valence-corrected chi connectivity index (χ3v) is 5.77. The summed E-state index contributed by atoms with van der Waals surface area (Å²) in [5.41, 5.74) is 1.66. The normalized spacial score (nSPS) is 12.0. The van der Waals surface area contributed by atoms with Crippen molar-refractivity contribution in [3.8, 4) is 0 Å². The molecule has 1 heterocycles. The van der Waals surface area contributed by atoms with Gasteiger partial charge in [0.2, 0.25) is 15.9 Å². The molecule has 2 rings (SSSR count). The molecule has 1 aromatic carbocycles. The molecular weight excluding hydrogens is 344 g/mol. The number of nitrogens with one attached hydrogen (secondary N) is 2. The summed E-state index contributed by atoms with van der Waals surface area (Å²) in [6.45, 7) is 5.50. The minimum absolute atomic E-state index is 0.166. The Morgan fingerprint density at radius 2 is 1.83 bits per heavy atom. The fourth-order valence-electron chi connectivity index (χ4n) is 1.99. The van der Waals surface area contributed by atoms with Crippen LogP contribution in [0.4, 0.5) is 5.69 Å². The van der Waals surface area contributed by atoms with Crippen molar-refractivity contribution in [2.24, 2.45) is 0 Å². The van der Waals surface area contributed by atoms with Gasteiger partial charge >= 0.3 is 0 Å². The van der Waals surface area contributed by atoms with Crippen LogP contribution in [0.15, 0.2) is 46.7 Å². The van der Waals surface area contributed by atoms with E-state index in [1.165, 1.54) is 18.2 Å². The second kappa shape index (κ2) is 7.74. The quantitative estimate of drug-likeness (QED) is 0.772. The van der Waals surface area contributed by atoms with E-state index in [4.69, 9.17) is 0 Å². The van der Waals surface area contributed by atoms with Gasteiger partial charge in [0.15, 0.2) is 0 Å². The number of benzene rings is 1. The SMILES string of the molecule is Cc1ccsc1/C=C/C(=O)Nc1ccc(S(=O)(=O)NC(C)C)cc1. The summed E-state index contributed by atoms with van der Waals surface area (Å²) in [6, 6.07) is 7.88. The summed E-state index contributed by atoms with van der Waals surface area (Å²) in [5.74, 6) is -0.265. The maximum Gasteiger partial charge on any atom is 0.248 e. The number of aryl methyl sites for hydroxylation is 1. The predicted molar refractivity (Wildman–Crippen MR) is 98.6 cm³/mol. The molecule has 0 spiro atoms. The highest BCUT2D eigenvalue weighted by Crippen LogP contribution is 2.18. The highest BCUT2D eigenvalue weighted by Gasteiger charge is 2.14. The van der Waals surface area contributed by atoms with Gasteiger partial charge in [-0.15, -0.1) is 11.3 Å². The van der Waals surface area contributed by atoms with Crippen molar-refractivity contribution in [1.82, 2.24) is 4.72 Å². The smallest absolute Gasteiger partial charge is 0.248 e. The average Bonchev–Trinajstić information content (AvgIpc) is 2.90. The molecule has 0 saturated heterocycles. The average molecular weight is 364 g/mol. The number of sulfonamides is 1. The van der Waals surface area contributed by atoms with E-state index in [1.54, 1.807) is 43.4 Å². The van der Waals surface area contributed by atoms with Crippen molar-refractivity contribution in [3.63, 3.8) is 0 Å². The largest absolute Gasteiger partial charge is 0.323 e. The van der Waals surface area contributed by atoms with Crippen LogP contribution in [0.1, 0.15) is 24.3 Å². The molecule has 0 radical (unpaired) electrons. The van der Waals surface area contributed by atoms with Gasteiger partial charge in [0.1, 0.15) is 0 Å². The van der Waals surface area contributed by atoms with Crippen LogP contribution in [-0.2, 0) is 14.8 Å². The van der Waals surface area contributed by atoms with E-state index in [0.717, 1.165) is 10.4 Å². The molecule has 0 bridgehead atoms. The maximum absolute atomic E-state index is 12.0. The third-order valence-electron chi connectivity index (χ3n) is 3.11. The highest BCUT2D eigenvalue weighted by atomic mass is 32.2. The number of hydrogen-bond donors (Lipinski definition) is 2. The Morgan fingerprint density at radius 3 is 2.38 bits per heavy atom. The molecule has 24 heavy (non-hydrogen) atoms. The first-order valence-corrected chi connectivity index (χ1v) is 9.80. The number of hydrogen-bond acceptors (Lipinski definition) is 4. The zero-order valence-electron chi connectivity index (χ0n) is 13.7. The lowest BCUT2D eigenvalue weighted by atomic mass is 10.2. The standard InChI is InChI=1S/C17H20N2O3S2/c1-12(2)19-24(21,22)15-6-4-14(5-7-15)18-17(20)9-8-16-13(3)10-11-23-16/h4-12,19H,1-3H3,(H,18,20)/b9-8+. The Hall–Kier alpha value is -1.96. The van der Waals surface area contributed by atoms with Gasteiger partial charge in [-0.05, 0) is 68.1 Å². The summed E-state index contributed by atoms with van der Waals surface area (Å²) in [5, 5.41) is 4.68. The Labute approximate surface area is 146 Å². The topological polar surface area (TPSA) is 75.3 Å². The Kier molecular flexibility index (Phi) is 5.93. The zero-order chi connectivity index (χ0) is 17.7. The number of amides is 1. The Bertz CT molecular complexity index is 835. The van der Waals surface area contributed by atoms with Crippen LogP contribution in [0.3, 0.4) is 0 Å². The summed E-state index contributed by atoms with van der Waals surface area (Å²) >= 11 is 1.57. The van der Waals surface area contributed by atoms with Gasteiger partial charge in [0.25, 0.3) is 0 Å². The molecule has 0 aliphatic carbocycles. The van der Waals surface area contributed by atoms with E-state index in [2.05, 4.69) is 10.0 Å². The van der Waals surface area contributed by atoms with Crippen LogP contribution in [0.5, 0.6) is 0 Å². The fourth-order valence-corrected chi connectivity index (χ4v) is 4.06. The lowest BCUT2D eigenvalue weighted by molar-refractivity contribution is -0.111. The Balaban J connectivity index is 2.02. The van der Waals surface area contributed by atoms with Crippen LogP contribution >= 0.6 is 11.3 Å². The fraction of sp³-hybridized carbons (Fsp3) is 0.235. The number of anilines is 1. The van der Waals surface area contributed by atoms with Crippen molar-refractivity contribution in [2.75, 3.05) is 5.32 Å². The highest BCUT2D eigenvalue weighted by molar-refractivity contribution is 7.89. The first kappa shape index (κ1) is 18.4. The molecule has 5 nitrogen and oxygen atoms in total. The van der Waals surface area contributed by atoms with Crippen molar-refractivity contribution < 1.29 is 13.2 Å². The van der Waals surface area contributed by atoms with Gasteiger partial charge in [-0.2, -0.15) is 0 Å². The van der Waals surface area contributed by atoms with Gasteiger partial charge in [0.05, 0.1) is 4.90 Å². The van der Waals surface area contributed by atoms with Crippen LogP contribution in [-0.4, -0.2) is 20.4 Å². The number of carbonyl (C=O) groups excluding carboxylic acids is 1. The summed E-state index contributed by atoms with van der Waals surface area (Å²) < 4.78 is 26.6. The molecule has 1 amide bonds. The van der Waals surface area contributed by atoms with Gasteiger partial charge in [-0.3, -0.25) is 4.79 Å². The minimum Gasteiger partial charge on any atom is -0.323 e. The molecule has 0 fully saturated rings. The molecule has 0 atom stereocenters. The lowest BCUT2D eigenvalue weighted by Crippen LogP contribution is -2.30. The van der Waals surface area contributed by atoms with Crippen molar-refractivity contribution in [3.05, 3.63) is 52.2 Å². The zero-order valence-corrected chi connectivity index (χ0v) is 15.4. The van der Waals surface area contributed by atoms with E-state index in [0.29, 0.717) is 5.69 Å². The second-order valence-electron chi connectivity index (χ2n) is 5.59. The van der Waals surface area contributed by atoms with Crippen molar-refractivity contribution in [1.29, 1.82) is 0 Å². The van der Waals surface area contributed by atoms with E-state index in [1.807, 2.05) is 18.4 Å². The minimum atomic E-state index is -3.52. The molecule has 7 heteroatoms. The van der Waals surface area contributed by atoms with Gasteiger partial charge in [-0.1, -0.05) is 0 Å². The summed E-state index contributed by atoms with van der Waals surface area (Å²) in [4.78, 5) is 13.1. The predicted octanol–water partition coefficient (Wildman–Crippen LogP) is 3.40. The molecule has 128 valence electrons. The molecule has 0 aliphatic rings. The van der Waals surface area contributed by atoms with E-state index in [9.17, 15) is 13.2 Å². The van der Waals surface area contributed by atoms with Gasteiger partial charge in [0, 0.05) is 22.7 Å². The lowest BCUT2D eigenvalue weighted by Gasteiger charge is -2.10. The Morgan fingerprint density at radius 1 is 1.17 bits per heavy atom. The van der Waals surface area contributed by atoms with E-state index < -0.39 is 10.0 Å². The van der Waals surface area contributed by atoms with Crippen LogP contribution < -0.4 is 10.0 Å². The van der Waals surface area contributed by atoms with Gasteiger partial charge in [-0.25, -0.2) is 13.1 Å². The third kappa shape index (κ3) is 5.02.